The number of ether oxygens (including phenoxy) is 1. The van der Waals surface area contributed by atoms with Gasteiger partial charge in [-0.25, -0.2) is 12.8 Å². The summed E-state index contributed by atoms with van der Waals surface area (Å²) in [6.45, 7) is 2.43. The lowest BCUT2D eigenvalue weighted by Gasteiger charge is -2.15. The maximum atomic E-state index is 13.5. The average Bonchev–Trinajstić information content (AvgIpc) is 2.88. The highest BCUT2D eigenvalue weighted by molar-refractivity contribution is 7.92. The number of methoxy groups -OCH3 is 1. The predicted molar refractivity (Wildman–Crippen MR) is 91.9 cm³/mol. The number of rotatable bonds is 5. The number of carbonyl (C=O) groups excluding carboxylic acids is 1. The van der Waals surface area contributed by atoms with Gasteiger partial charge in [0.15, 0.2) is 0 Å². The van der Waals surface area contributed by atoms with Crippen molar-refractivity contribution in [1.82, 2.24) is 0 Å². The lowest BCUT2D eigenvalue weighted by atomic mass is 10.1. The number of halogens is 1. The number of amides is 1. The van der Waals surface area contributed by atoms with Gasteiger partial charge in [0.2, 0.25) is 5.91 Å². The molecule has 0 aliphatic carbocycles. The number of hydrogen-bond donors (Lipinski definition) is 1. The van der Waals surface area contributed by atoms with E-state index in [9.17, 15) is 17.6 Å². The van der Waals surface area contributed by atoms with Gasteiger partial charge in [-0.2, -0.15) is 0 Å². The Morgan fingerprint density at radius 2 is 2.00 bits per heavy atom. The largest absolute Gasteiger partial charge is 0.495 e. The number of benzene rings is 2. The topological polar surface area (TPSA) is 75.7 Å². The summed E-state index contributed by atoms with van der Waals surface area (Å²) in [7, 11) is -2.73. The third kappa shape index (κ3) is 3.17. The van der Waals surface area contributed by atoms with Gasteiger partial charge in [-0.1, -0.05) is 0 Å². The summed E-state index contributed by atoms with van der Waals surface area (Å²) in [6.07, 6.45) is 0.224. The van der Waals surface area contributed by atoms with Crippen molar-refractivity contribution in [2.45, 2.75) is 18.2 Å². The third-order valence-corrected chi connectivity index (χ3v) is 5.40. The molecule has 6 nitrogen and oxygen atoms in total. The van der Waals surface area contributed by atoms with Crippen LogP contribution in [0.2, 0.25) is 0 Å². The second kappa shape index (κ2) is 6.36. The number of anilines is 2. The van der Waals surface area contributed by atoms with E-state index < -0.39 is 15.8 Å². The molecule has 8 heteroatoms. The molecule has 132 valence electrons. The number of carbonyl (C=O) groups is 1. The summed E-state index contributed by atoms with van der Waals surface area (Å²) in [5.41, 5.74) is 1.83. The fraction of sp³-hybridized carbons (Fsp3) is 0.235. The van der Waals surface area contributed by atoms with Crippen molar-refractivity contribution in [3.8, 4) is 5.75 Å². The van der Waals surface area contributed by atoms with E-state index in [0.29, 0.717) is 12.2 Å². The highest BCUT2D eigenvalue weighted by atomic mass is 32.2. The first kappa shape index (κ1) is 17.2. The van der Waals surface area contributed by atoms with Crippen molar-refractivity contribution in [1.29, 1.82) is 0 Å². The highest BCUT2D eigenvalue weighted by Crippen LogP contribution is 2.32. The molecule has 25 heavy (non-hydrogen) atoms. The Morgan fingerprint density at radius 1 is 1.24 bits per heavy atom. The second-order valence-corrected chi connectivity index (χ2v) is 7.21. The number of nitrogens with one attached hydrogen (secondary N) is 1. The number of sulfonamides is 1. The molecule has 0 fully saturated rings. The molecule has 0 bridgehead atoms. The number of hydrogen-bond acceptors (Lipinski definition) is 4. The van der Waals surface area contributed by atoms with Crippen LogP contribution >= 0.6 is 0 Å². The molecule has 0 atom stereocenters. The van der Waals surface area contributed by atoms with E-state index >= 15 is 0 Å². The zero-order chi connectivity index (χ0) is 18.2. The van der Waals surface area contributed by atoms with Gasteiger partial charge in [0, 0.05) is 17.9 Å². The van der Waals surface area contributed by atoms with E-state index in [0.717, 1.165) is 23.4 Å². The standard InChI is InChI=1S/C17H17FN2O4S/c1-3-20-14-6-5-13(8-11(14)9-17(20)21)19-25(22,23)16-10-12(18)4-7-15(16)24-2/h4-8,10,19H,3,9H2,1-2H3. The molecule has 1 N–H and O–H groups in total. The molecular formula is C17H17FN2O4S. The van der Waals surface area contributed by atoms with Crippen LogP contribution in [0.25, 0.3) is 0 Å². The first-order valence-electron chi connectivity index (χ1n) is 7.65. The second-order valence-electron chi connectivity index (χ2n) is 5.56. The van der Waals surface area contributed by atoms with E-state index in [2.05, 4.69) is 4.72 Å². The Morgan fingerprint density at radius 3 is 2.68 bits per heavy atom. The zero-order valence-electron chi connectivity index (χ0n) is 13.7. The molecule has 0 unspecified atom stereocenters. The van der Waals surface area contributed by atoms with Crippen LogP contribution in [-0.2, 0) is 21.2 Å². The van der Waals surface area contributed by atoms with Crippen molar-refractivity contribution in [3.05, 3.63) is 47.8 Å². The minimum Gasteiger partial charge on any atom is -0.495 e. The highest BCUT2D eigenvalue weighted by Gasteiger charge is 2.27. The number of nitrogens with zero attached hydrogens (tertiary/aromatic N) is 1. The fourth-order valence-corrected chi connectivity index (χ4v) is 4.10. The molecule has 0 saturated heterocycles. The van der Waals surface area contributed by atoms with Crippen LogP contribution in [0.15, 0.2) is 41.3 Å². The van der Waals surface area contributed by atoms with Crippen molar-refractivity contribution >= 4 is 27.3 Å². The predicted octanol–water partition coefficient (Wildman–Crippen LogP) is 2.54. The van der Waals surface area contributed by atoms with Gasteiger partial charge in [-0.3, -0.25) is 9.52 Å². The maximum Gasteiger partial charge on any atom is 0.265 e. The van der Waals surface area contributed by atoms with Gasteiger partial charge in [-0.15, -0.1) is 0 Å². The molecule has 1 heterocycles. The summed E-state index contributed by atoms with van der Waals surface area (Å²) in [4.78, 5) is 13.3. The summed E-state index contributed by atoms with van der Waals surface area (Å²) >= 11 is 0. The van der Waals surface area contributed by atoms with Gasteiger partial charge in [-0.05, 0) is 48.9 Å². The molecule has 1 aliphatic rings. The van der Waals surface area contributed by atoms with Crippen LogP contribution in [0.5, 0.6) is 5.75 Å². The molecule has 1 aliphatic heterocycles. The Kier molecular flexibility index (Phi) is 4.38. The van der Waals surface area contributed by atoms with E-state index in [4.69, 9.17) is 4.74 Å². The number of fused-ring (bicyclic) bond motifs is 1. The van der Waals surface area contributed by atoms with Gasteiger partial charge in [0.1, 0.15) is 16.5 Å². The lowest BCUT2D eigenvalue weighted by molar-refractivity contribution is -0.117. The normalized spacial score (nSPS) is 13.7. The van der Waals surface area contributed by atoms with Crippen LogP contribution in [0, 0.1) is 5.82 Å². The Hall–Kier alpha value is -2.61. The molecule has 2 aromatic rings. The van der Waals surface area contributed by atoms with Crippen LogP contribution in [0.3, 0.4) is 0 Å². The van der Waals surface area contributed by atoms with Crippen LogP contribution in [-0.4, -0.2) is 28.0 Å². The number of likely N-dealkylation sites (N-methyl/N-ethyl adjacent to an activating group) is 1. The van der Waals surface area contributed by atoms with Crippen LogP contribution < -0.4 is 14.4 Å². The van der Waals surface area contributed by atoms with Crippen molar-refractivity contribution in [2.24, 2.45) is 0 Å². The van der Waals surface area contributed by atoms with Crippen molar-refractivity contribution in [2.75, 3.05) is 23.3 Å². The molecular weight excluding hydrogens is 347 g/mol. The maximum absolute atomic E-state index is 13.5. The average molecular weight is 364 g/mol. The lowest BCUT2D eigenvalue weighted by Crippen LogP contribution is -2.25. The van der Waals surface area contributed by atoms with Crippen LogP contribution in [0.4, 0.5) is 15.8 Å². The zero-order valence-corrected chi connectivity index (χ0v) is 14.6. The van der Waals surface area contributed by atoms with Crippen molar-refractivity contribution < 1.29 is 22.3 Å². The van der Waals surface area contributed by atoms with Gasteiger partial charge in [0.25, 0.3) is 10.0 Å². The van der Waals surface area contributed by atoms with Gasteiger partial charge in [0.05, 0.1) is 13.5 Å². The molecule has 1 amide bonds. The molecule has 3 rings (SSSR count). The quantitative estimate of drug-likeness (QED) is 0.885. The first-order valence-corrected chi connectivity index (χ1v) is 9.13. The molecule has 0 radical (unpaired) electrons. The minimum absolute atomic E-state index is 0.0238. The Labute approximate surface area is 145 Å². The van der Waals surface area contributed by atoms with E-state index in [1.165, 1.54) is 13.2 Å². The summed E-state index contributed by atoms with van der Waals surface area (Å²) < 4.78 is 46.0. The van der Waals surface area contributed by atoms with E-state index in [1.807, 2.05) is 6.92 Å². The monoisotopic (exact) mass is 364 g/mol. The molecule has 0 aromatic heterocycles. The Bertz CT molecular complexity index is 944. The molecule has 2 aromatic carbocycles. The van der Waals surface area contributed by atoms with E-state index in [-0.39, 0.29) is 23.0 Å². The summed E-state index contributed by atoms with van der Waals surface area (Å²) in [5, 5.41) is 0. The van der Waals surface area contributed by atoms with Crippen LogP contribution in [0.1, 0.15) is 12.5 Å². The first-order chi connectivity index (χ1) is 11.9. The third-order valence-electron chi connectivity index (χ3n) is 4.00. The van der Waals surface area contributed by atoms with Gasteiger partial charge < -0.3 is 9.64 Å². The van der Waals surface area contributed by atoms with Crippen molar-refractivity contribution in [3.63, 3.8) is 0 Å². The SMILES string of the molecule is CCN1C(=O)Cc2cc(NS(=O)(=O)c3cc(F)ccc3OC)ccc21. The summed E-state index contributed by atoms with van der Waals surface area (Å²) in [5.74, 6) is -0.661. The summed E-state index contributed by atoms with van der Waals surface area (Å²) in [6, 6.07) is 8.17. The van der Waals surface area contributed by atoms with E-state index in [1.54, 1.807) is 23.1 Å². The smallest absolute Gasteiger partial charge is 0.265 e. The van der Waals surface area contributed by atoms with Gasteiger partial charge >= 0.3 is 0 Å². The molecule has 0 saturated carbocycles. The molecule has 0 spiro atoms. The minimum atomic E-state index is -4.04. The fourth-order valence-electron chi connectivity index (χ4n) is 2.86. The Balaban J connectivity index is 1.94.